The van der Waals surface area contributed by atoms with E-state index in [9.17, 15) is 9.59 Å². The van der Waals surface area contributed by atoms with Crippen molar-refractivity contribution >= 4 is 34.8 Å². The smallest absolute Gasteiger partial charge is 0.255 e. The SMILES string of the molecule is CC(C)Oc1ccc(C(=O)Nc2cc(Cl)ccc2N2CCN(C(=O)C(C)C)CC2)cc1. The van der Waals surface area contributed by atoms with Gasteiger partial charge in [0, 0.05) is 42.7 Å². The van der Waals surface area contributed by atoms with E-state index in [1.54, 1.807) is 30.3 Å². The van der Waals surface area contributed by atoms with Crippen LogP contribution in [-0.2, 0) is 4.79 Å². The normalized spacial score (nSPS) is 14.2. The quantitative estimate of drug-likeness (QED) is 0.703. The topological polar surface area (TPSA) is 61.9 Å². The second kappa shape index (κ2) is 10.1. The van der Waals surface area contributed by atoms with Gasteiger partial charge in [-0.15, -0.1) is 0 Å². The highest BCUT2D eigenvalue weighted by atomic mass is 35.5. The molecule has 1 heterocycles. The third kappa shape index (κ3) is 5.91. The highest BCUT2D eigenvalue weighted by Crippen LogP contribution is 2.31. The standard InChI is InChI=1S/C24H30ClN3O3/c1-16(2)24(30)28-13-11-27(12-14-28)22-10-7-19(25)15-21(22)26-23(29)18-5-8-20(9-6-18)31-17(3)4/h5-10,15-17H,11-14H2,1-4H3,(H,26,29). The van der Waals surface area contributed by atoms with Crippen molar-refractivity contribution in [1.82, 2.24) is 4.90 Å². The van der Waals surface area contributed by atoms with Gasteiger partial charge in [-0.05, 0) is 56.3 Å². The summed E-state index contributed by atoms with van der Waals surface area (Å²) in [6.45, 7) is 10.5. The largest absolute Gasteiger partial charge is 0.491 e. The van der Waals surface area contributed by atoms with E-state index in [2.05, 4.69) is 10.2 Å². The number of benzene rings is 2. The lowest BCUT2D eigenvalue weighted by Crippen LogP contribution is -2.50. The molecule has 31 heavy (non-hydrogen) atoms. The van der Waals surface area contributed by atoms with Gasteiger partial charge in [-0.25, -0.2) is 0 Å². The molecule has 0 aromatic heterocycles. The fraction of sp³-hybridized carbons (Fsp3) is 0.417. The van der Waals surface area contributed by atoms with Crippen LogP contribution in [-0.4, -0.2) is 49.0 Å². The Balaban J connectivity index is 1.72. The molecule has 1 aliphatic heterocycles. The average Bonchev–Trinajstić information content (AvgIpc) is 2.73. The molecule has 2 aromatic rings. The van der Waals surface area contributed by atoms with Crippen LogP contribution in [0.4, 0.5) is 11.4 Å². The Morgan fingerprint density at radius 1 is 0.968 bits per heavy atom. The molecule has 0 unspecified atom stereocenters. The maximum Gasteiger partial charge on any atom is 0.255 e. The summed E-state index contributed by atoms with van der Waals surface area (Å²) in [6.07, 6.45) is 0.0741. The number of carbonyl (C=O) groups is 2. The molecule has 7 heteroatoms. The first-order valence-electron chi connectivity index (χ1n) is 10.7. The van der Waals surface area contributed by atoms with Crippen LogP contribution in [0.25, 0.3) is 0 Å². The summed E-state index contributed by atoms with van der Waals surface area (Å²) in [5.41, 5.74) is 2.09. The molecule has 1 aliphatic rings. The summed E-state index contributed by atoms with van der Waals surface area (Å²) in [4.78, 5) is 29.2. The third-order valence-corrected chi connectivity index (χ3v) is 5.36. The molecule has 0 radical (unpaired) electrons. The van der Waals surface area contributed by atoms with E-state index in [0.29, 0.717) is 42.5 Å². The Morgan fingerprint density at radius 2 is 1.61 bits per heavy atom. The molecule has 0 saturated carbocycles. The molecule has 0 aliphatic carbocycles. The second-order valence-corrected chi connectivity index (χ2v) is 8.71. The Bertz CT molecular complexity index is 920. The van der Waals surface area contributed by atoms with Gasteiger partial charge in [0.1, 0.15) is 5.75 Å². The van der Waals surface area contributed by atoms with Crippen LogP contribution in [0.5, 0.6) is 5.75 Å². The average molecular weight is 444 g/mol. The van der Waals surface area contributed by atoms with Crippen LogP contribution >= 0.6 is 11.6 Å². The number of piperazine rings is 1. The lowest BCUT2D eigenvalue weighted by atomic mass is 10.1. The fourth-order valence-corrected chi connectivity index (χ4v) is 3.74. The van der Waals surface area contributed by atoms with Crippen molar-refractivity contribution in [2.45, 2.75) is 33.8 Å². The van der Waals surface area contributed by atoms with Gasteiger partial charge in [-0.3, -0.25) is 9.59 Å². The maximum atomic E-state index is 12.8. The molecular formula is C24H30ClN3O3. The first-order chi connectivity index (χ1) is 14.7. The van der Waals surface area contributed by atoms with Crippen LogP contribution in [0.1, 0.15) is 38.1 Å². The van der Waals surface area contributed by atoms with Crippen LogP contribution in [0.3, 0.4) is 0 Å². The van der Waals surface area contributed by atoms with Gasteiger partial charge in [0.15, 0.2) is 0 Å². The molecule has 0 spiro atoms. The molecular weight excluding hydrogens is 414 g/mol. The summed E-state index contributed by atoms with van der Waals surface area (Å²) in [6, 6.07) is 12.6. The van der Waals surface area contributed by atoms with E-state index in [4.69, 9.17) is 16.3 Å². The van der Waals surface area contributed by atoms with Crippen molar-refractivity contribution in [2.75, 3.05) is 36.4 Å². The number of nitrogens with one attached hydrogen (secondary N) is 1. The van der Waals surface area contributed by atoms with Crippen molar-refractivity contribution in [3.8, 4) is 5.75 Å². The van der Waals surface area contributed by atoms with Gasteiger partial charge < -0.3 is 19.9 Å². The number of halogens is 1. The second-order valence-electron chi connectivity index (χ2n) is 8.27. The van der Waals surface area contributed by atoms with Crippen molar-refractivity contribution in [3.05, 3.63) is 53.1 Å². The third-order valence-electron chi connectivity index (χ3n) is 5.12. The highest BCUT2D eigenvalue weighted by molar-refractivity contribution is 6.31. The van der Waals surface area contributed by atoms with Crippen molar-refractivity contribution < 1.29 is 14.3 Å². The van der Waals surface area contributed by atoms with E-state index in [0.717, 1.165) is 11.4 Å². The number of amides is 2. The van der Waals surface area contributed by atoms with Gasteiger partial charge in [0.2, 0.25) is 5.91 Å². The molecule has 1 N–H and O–H groups in total. The van der Waals surface area contributed by atoms with Crippen molar-refractivity contribution in [2.24, 2.45) is 5.92 Å². The Morgan fingerprint density at radius 3 is 2.19 bits per heavy atom. The molecule has 6 nitrogen and oxygen atoms in total. The van der Waals surface area contributed by atoms with E-state index >= 15 is 0 Å². The molecule has 3 rings (SSSR count). The first-order valence-corrected chi connectivity index (χ1v) is 11.0. The predicted molar refractivity (Wildman–Crippen MR) is 125 cm³/mol. The molecule has 2 aromatic carbocycles. The Kier molecular flexibility index (Phi) is 7.44. The number of nitrogens with zero attached hydrogens (tertiary/aromatic N) is 2. The van der Waals surface area contributed by atoms with Gasteiger partial charge >= 0.3 is 0 Å². The number of ether oxygens (including phenoxy) is 1. The Hall–Kier alpha value is -2.73. The van der Waals surface area contributed by atoms with Crippen LogP contribution in [0.2, 0.25) is 5.02 Å². The molecule has 0 bridgehead atoms. The van der Waals surface area contributed by atoms with Crippen molar-refractivity contribution in [1.29, 1.82) is 0 Å². The van der Waals surface area contributed by atoms with E-state index in [-0.39, 0.29) is 23.8 Å². The minimum Gasteiger partial charge on any atom is -0.491 e. The predicted octanol–water partition coefficient (Wildman–Crippen LogP) is 4.68. The minimum absolute atomic E-state index is 0.00532. The zero-order valence-electron chi connectivity index (χ0n) is 18.5. The van der Waals surface area contributed by atoms with Crippen LogP contribution in [0.15, 0.2) is 42.5 Å². The van der Waals surface area contributed by atoms with Gasteiger partial charge in [0.25, 0.3) is 5.91 Å². The lowest BCUT2D eigenvalue weighted by molar-refractivity contribution is -0.134. The van der Waals surface area contributed by atoms with Crippen LogP contribution in [0, 0.1) is 5.92 Å². The van der Waals surface area contributed by atoms with Gasteiger partial charge in [0.05, 0.1) is 17.5 Å². The van der Waals surface area contributed by atoms with Crippen LogP contribution < -0.4 is 15.0 Å². The summed E-state index contributed by atoms with van der Waals surface area (Å²) >= 11 is 6.21. The summed E-state index contributed by atoms with van der Waals surface area (Å²) < 4.78 is 5.64. The molecule has 1 fully saturated rings. The molecule has 2 amide bonds. The highest BCUT2D eigenvalue weighted by Gasteiger charge is 2.24. The summed E-state index contributed by atoms with van der Waals surface area (Å²) in [5.74, 6) is 0.681. The summed E-state index contributed by atoms with van der Waals surface area (Å²) in [5, 5.41) is 3.54. The zero-order chi connectivity index (χ0) is 22.5. The first kappa shape index (κ1) is 22.9. The fourth-order valence-electron chi connectivity index (χ4n) is 3.57. The zero-order valence-corrected chi connectivity index (χ0v) is 19.3. The monoisotopic (exact) mass is 443 g/mol. The number of hydrogen-bond acceptors (Lipinski definition) is 4. The van der Waals surface area contributed by atoms with E-state index in [1.165, 1.54) is 0 Å². The molecule has 1 saturated heterocycles. The lowest BCUT2D eigenvalue weighted by Gasteiger charge is -2.37. The molecule has 166 valence electrons. The van der Waals surface area contributed by atoms with E-state index < -0.39 is 0 Å². The van der Waals surface area contributed by atoms with E-state index in [1.807, 2.05) is 44.7 Å². The van der Waals surface area contributed by atoms with Crippen molar-refractivity contribution in [3.63, 3.8) is 0 Å². The number of rotatable bonds is 6. The molecule has 0 atom stereocenters. The number of hydrogen-bond donors (Lipinski definition) is 1. The maximum absolute atomic E-state index is 12.8. The summed E-state index contributed by atoms with van der Waals surface area (Å²) in [7, 11) is 0. The minimum atomic E-state index is -0.215. The Labute approximate surface area is 189 Å². The number of carbonyl (C=O) groups excluding carboxylic acids is 2. The van der Waals surface area contributed by atoms with Gasteiger partial charge in [-0.1, -0.05) is 25.4 Å². The number of anilines is 2. The van der Waals surface area contributed by atoms with Gasteiger partial charge in [-0.2, -0.15) is 0 Å².